The summed E-state index contributed by atoms with van der Waals surface area (Å²) in [5.74, 6) is -0.966. The lowest BCUT2D eigenvalue weighted by atomic mass is 9.99. The van der Waals surface area contributed by atoms with Gasteiger partial charge in [-0.25, -0.2) is 8.78 Å². The summed E-state index contributed by atoms with van der Waals surface area (Å²) in [6, 6.07) is 5.91. The van der Waals surface area contributed by atoms with Gasteiger partial charge in [0.05, 0.1) is 0 Å². The fourth-order valence-corrected chi connectivity index (χ4v) is 2.82. The highest BCUT2D eigenvalue weighted by Gasteiger charge is 2.17. The molecule has 1 aromatic heterocycles. The van der Waals surface area contributed by atoms with Crippen LogP contribution in [0.15, 0.2) is 29.6 Å². The Labute approximate surface area is 109 Å². The Kier molecular flexibility index (Phi) is 4.09. The highest BCUT2D eigenvalue weighted by atomic mass is 32.1. The summed E-state index contributed by atoms with van der Waals surface area (Å²) >= 11 is 1.64. The molecule has 1 atom stereocenters. The Morgan fingerprint density at radius 1 is 1.22 bits per heavy atom. The SMILES string of the molecule is CNC(Cc1c(F)cccc1F)c1ccsc1C. The molecule has 1 heterocycles. The third kappa shape index (κ3) is 2.60. The molecule has 2 rings (SSSR count). The molecule has 1 aromatic carbocycles. The van der Waals surface area contributed by atoms with Crippen LogP contribution in [-0.2, 0) is 6.42 Å². The Hall–Kier alpha value is -1.26. The average molecular weight is 267 g/mol. The molecule has 2 aromatic rings. The van der Waals surface area contributed by atoms with E-state index in [0.717, 1.165) is 5.56 Å². The lowest BCUT2D eigenvalue weighted by Crippen LogP contribution is -2.20. The summed E-state index contributed by atoms with van der Waals surface area (Å²) in [5, 5.41) is 5.11. The van der Waals surface area contributed by atoms with Crippen LogP contribution < -0.4 is 5.32 Å². The number of aryl methyl sites for hydroxylation is 1. The van der Waals surface area contributed by atoms with E-state index in [0.29, 0.717) is 6.42 Å². The largest absolute Gasteiger partial charge is 0.313 e. The number of hydrogen-bond acceptors (Lipinski definition) is 2. The number of benzene rings is 1. The van der Waals surface area contributed by atoms with Crippen LogP contribution in [0.2, 0.25) is 0 Å². The van der Waals surface area contributed by atoms with Gasteiger partial charge < -0.3 is 5.32 Å². The van der Waals surface area contributed by atoms with Crippen molar-refractivity contribution in [2.24, 2.45) is 0 Å². The van der Waals surface area contributed by atoms with Gasteiger partial charge in [0.2, 0.25) is 0 Å². The van der Waals surface area contributed by atoms with Crippen molar-refractivity contribution in [1.29, 1.82) is 0 Å². The van der Waals surface area contributed by atoms with Gasteiger partial charge in [0, 0.05) is 16.5 Å². The third-order valence-electron chi connectivity index (χ3n) is 3.09. The fourth-order valence-electron chi connectivity index (χ4n) is 2.06. The van der Waals surface area contributed by atoms with Gasteiger partial charge in [-0.2, -0.15) is 0 Å². The molecule has 0 spiro atoms. The van der Waals surface area contributed by atoms with Crippen molar-refractivity contribution in [3.05, 3.63) is 57.3 Å². The minimum absolute atomic E-state index is 0.0670. The third-order valence-corrected chi connectivity index (χ3v) is 3.95. The van der Waals surface area contributed by atoms with Crippen LogP contribution in [-0.4, -0.2) is 7.05 Å². The molecule has 1 nitrogen and oxygen atoms in total. The summed E-state index contributed by atoms with van der Waals surface area (Å²) in [5.41, 5.74) is 1.24. The summed E-state index contributed by atoms with van der Waals surface area (Å²) in [4.78, 5) is 1.17. The van der Waals surface area contributed by atoms with E-state index < -0.39 is 11.6 Å². The molecular weight excluding hydrogens is 252 g/mol. The summed E-state index contributed by atoms with van der Waals surface area (Å²) in [6.45, 7) is 2.02. The molecule has 0 saturated carbocycles. The molecule has 0 aliphatic carbocycles. The van der Waals surface area contributed by atoms with Gasteiger partial charge in [0.1, 0.15) is 11.6 Å². The van der Waals surface area contributed by atoms with Gasteiger partial charge >= 0.3 is 0 Å². The van der Waals surface area contributed by atoms with E-state index >= 15 is 0 Å². The van der Waals surface area contributed by atoms with E-state index in [-0.39, 0.29) is 11.6 Å². The fraction of sp³-hybridized carbons (Fsp3) is 0.286. The van der Waals surface area contributed by atoms with E-state index in [9.17, 15) is 8.78 Å². The number of rotatable bonds is 4. The van der Waals surface area contributed by atoms with Crippen LogP contribution in [0.5, 0.6) is 0 Å². The van der Waals surface area contributed by atoms with Crippen LogP contribution in [0.25, 0.3) is 0 Å². The maximum atomic E-state index is 13.6. The molecule has 1 N–H and O–H groups in total. The highest BCUT2D eigenvalue weighted by molar-refractivity contribution is 7.10. The number of hydrogen-bond donors (Lipinski definition) is 1. The first-order valence-corrected chi connectivity index (χ1v) is 6.65. The van der Waals surface area contributed by atoms with E-state index in [1.54, 1.807) is 18.4 Å². The van der Waals surface area contributed by atoms with E-state index in [1.807, 2.05) is 18.4 Å². The lowest BCUT2D eigenvalue weighted by molar-refractivity contribution is 0.515. The van der Waals surface area contributed by atoms with Crippen molar-refractivity contribution < 1.29 is 8.78 Å². The zero-order valence-electron chi connectivity index (χ0n) is 10.3. The lowest BCUT2D eigenvalue weighted by Gasteiger charge is -2.17. The first kappa shape index (κ1) is 13.2. The monoisotopic (exact) mass is 267 g/mol. The molecule has 0 fully saturated rings. The maximum Gasteiger partial charge on any atom is 0.129 e. The molecule has 4 heteroatoms. The molecule has 18 heavy (non-hydrogen) atoms. The number of likely N-dealkylation sites (N-methyl/N-ethyl adjacent to an activating group) is 1. The second-order valence-electron chi connectivity index (χ2n) is 4.18. The zero-order valence-corrected chi connectivity index (χ0v) is 11.2. The molecule has 0 aliphatic heterocycles. The summed E-state index contributed by atoms with van der Waals surface area (Å²) in [6.07, 6.45) is 0.312. The molecule has 0 aliphatic rings. The standard InChI is InChI=1S/C14H15F2NS/c1-9-10(6-7-18-9)14(17-2)8-11-12(15)4-3-5-13(11)16/h3-7,14,17H,8H2,1-2H3. The summed E-state index contributed by atoms with van der Waals surface area (Å²) in [7, 11) is 1.81. The summed E-state index contributed by atoms with van der Waals surface area (Å²) < 4.78 is 27.2. The van der Waals surface area contributed by atoms with Crippen molar-refractivity contribution in [2.45, 2.75) is 19.4 Å². The van der Waals surface area contributed by atoms with Crippen molar-refractivity contribution >= 4 is 11.3 Å². The van der Waals surface area contributed by atoms with E-state index in [1.165, 1.54) is 23.1 Å². The van der Waals surface area contributed by atoms with Crippen molar-refractivity contribution in [1.82, 2.24) is 5.32 Å². The van der Waals surface area contributed by atoms with Crippen LogP contribution in [0.4, 0.5) is 8.78 Å². The van der Waals surface area contributed by atoms with Crippen LogP contribution >= 0.6 is 11.3 Å². The van der Waals surface area contributed by atoms with Gasteiger partial charge in [-0.05, 0) is 49.5 Å². The quantitative estimate of drug-likeness (QED) is 0.887. The van der Waals surface area contributed by atoms with Gasteiger partial charge in [-0.15, -0.1) is 11.3 Å². The van der Waals surface area contributed by atoms with E-state index in [2.05, 4.69) is 5.32 Å². The Bertz CT molecular complexity index is 516. The Morgan fingerprint density at radius 2 is 1.89 bits per heavy atom. The van der Waals surface area contributed by atoms with Crippen molar-refractivity contribution in [3.8, 4) is 0 Å². The highest BCUT2D eigenvalue weighted by Crippen LogP contribution is 2.27. The van der Waals surface area contributed by atoms with Crippen molar-refractivity contribution in [3.63, 3.8) is 0 Å². The van der Waals surface area contributed by atoms with Crippen LogP contribution in [0.3, 0.4) is 0 Å². The Balaban J connectivity index is 2.29. The van der Waals surface area contributed by atoms with Gasteiger partial charge in [0.25, 0.3) is 0 Å². The van der Waals surface area contributed by atoms with Crippen LogP contribution in [0, 0.1) is 18.6 Å². The predicted octanol–water partition coefficient (Wildman–Crippen LogP) is 3.84. The smallest absolute Gasteiger partial charge is 0.129 e. The first-order valence-electron chi connectivity index (χ1n) is 5.77. The zero-order chi connectivity index (χ0) is 13.1. The van der Waals surface area contributed by atoms with Gasteiger partial charge in [0.15, 0.2) is 0 Å². The van der Waals surface area contributed by atoms with Crippen molar-refractivity contribution in [2.75, 3.05) is 7.05 Å². The topological polar surface area (TPSA) is 12.0 Å². The second kappa shape index (κ2) is 5.59. The second-order valence-corrected chi connectivity index (χ2v) is 5.30. The first-order chi connectivity index (χ1) is 8.63. The molecule has 0 saturated heterocycles. The minimum atomic E-state index is -0.483. The molecule has 0 amide bonds. The van der Waals surface area contributed by atoms with Gasteiger partial charge in [-0.3, -0.25) is 0 Å². The molecule has 0 radical (unpaired) electrons. The Morgan fingerprint density at radius 3 is 2.39 bits per heavy atom. The number of nitrogens with one attached hydrogen (secondary N) is 1. The van der Waals surface area contributed by atoms with E-state index in [4.69, 9.17) is 0 Å². The average Bonchev–Trinajstić information content (AvgIpc) is 2.76. The predicted molar refractivity (Wildman–Crippen MR) is 70.9 cm³/mol. The molecule has 0 bridgehead atoms. The molecular formula is C14H15F2NS. The number of halogens is 2. The molecule has 1 unspecified atom stereocenters. The molecule has 96 valence electrons. The minimum Gasteiger partial charge on any atom is -0.313 e. The maximum absolute atomic E-state index is 13.6. The van der Waals surface area contributed by atoms with Gasteiger partial charge in [-0.1, -0.05) is 6.07 Å². The normalized spacial score (nSPS) is 12.7. The van der Waals surface area contributed by atoms with Crippen LogP contribution in [0.1, 0.15) is 22.0 Å². The number of thiophene rings is 1.